The number of aromatic nitrogens is 1. The number of nitrogens with one attached hydrogen (secondary N) is 1. The van der Waals surface area contributed by atoms with Gasteiger partial charge in [0.2, 0.25) is 0 Å². The van der Waals surface area contributed by atoms with Gasteiger partial charge >= 0.3 is 0 Å². The lowest BCUT2D eigenvalue weighted by molar-refractivity contribution is -0.130. The van der Waals surface area contributed by atoms with Crippen LogP contribution in [0.2, 0.25) is 0 Å². The minimum absolute atomic E-state index is 0.117. The lowest BCUT2D eigenvalue weighted by atomic mass is 10.2. The maximum absolute atomic E-state index is 12.3. The average Bonchev–Trinajstić information content (AvgIpc) is 2.89. The molecule has 1 aliphatic rings. The lowest BCUT2D eigenvalue weighted by Crippen LogP contribution is -2.44. The molecule has 0 saturated carbocycles. The van der Waals surface area contributed by atoms with E-state index in [1.807, 2.05) is 31.2 Å². The van der Waals surface area contributed by atoms with Crippen LogP contribution >= 0.6 is 27.7 Å². The first-order valence-electron chi connectivity index (χ1n) is 6.97. The average molecular weight is 392 g/mol. The van der Waals surface area contributed by atoms with Crippen molar-refractivity contribution in [3.63, 3.8) is 0 Å². The van der Waals surface area contributed by atoms with Crippen molar-refractivity contribution in [3.8, 4) is 0 Å². The zero-order valence-corrected chi connectivity index (χ0v) is 14.7. The van der Waals surface area contributed by atoms with Gasteiger partial charge in [-0.3, -0.25) is 20.0 Å². The number of thioether (sulfide) groups is 1. The molecular weight excluding hydrogens is 378 g/mol. The van der Waals surface area contributed by atoms with Gasteiger partial charge < -0.3 is 0 Å². The van der Waals surface area contributed by atoms with E-state index in [4.69, 9.17) is 0 Å². The number of hydrogen-bond donors (Lipinski definition) is 1. The highest BCUT2D eigenvalue weighted by Gasteiger charge is 2.34. The van der Waals surface area contributed by atoms with Crippen molar-refractivity contribution in [2.75, 3.05) is 5.75 Å². The fraction of sp³-hybridized carbons (Fsp3) is 0.188. The highest BCUT2D eigenvalue weighted by atomic mass is 79.9. The third kappa shape index (κ3) is 3.56. The Morgan fingerprint density at radius 3 is 2.91 bits per heavy atom. The van der Waals surface area contributed by atoms with Crippen LogP contribution in [0.3, 0.4) is 0 Å². The number of halogens is 1. The maximum atomic E-state index is 12.3. The molecule has 2 aromatic rings. The third-order valence-electron chi connectivity index (χ3n) is 3.40. The van der Waals surface area contributed by atoms with Gasteiger partial charge in [-0.15, -0.1) is 11.8 Å². The van der Waals surface area contributed by atoms with E-state index in [0.29, 0.717) is 11.3 Å². The number of amides is 2. The van der Waals surface area contributed by atoms with E-state index in [1.165, 1.54) is 23.0 Å². The molecule has 23 heavy (non-hydrogen) atoms. The summed E-state index contributed by atoms with van der Waals surface area (Å²) in [5.74, 6) is -0.120. The number of hydrogen-bond acceptors (Lipinski definition) is 4. The normalized spacial score (nSPS) is 17.4. The smallest absolute Gasteiger partial charge is 0.271 e. The number of nitrogens with zero attached hydrogens (tertiary/aromatic N) is 2. The van der Waals surface area contributed by atoms with Crippen molar-refractivity contribution in [2.24, 2.45) is 0 Å². The van der Waals surface area contributed by atoms with Gasteiger partial charge in [0, 0.05) is 16.4 Å². The van der Waals surface area contributed by atoms with Gasteiger partial charge in [-0.2, -0.15) is 0 Å². The first kappa shape index (κ1) is 16.0. The van der Waals surface area contributed by atoms with Crippen molar-refractivity contribution >= 4 is 39.5 Å². The molecule has 1 aliphatic heterocycles. The Morgan fingerprint density at radius 2 is 2.22 bits per heavy atom. The van der Waals surface area contributed by atoms with Crippen LogP contribution in [-0.4, -0.2) is 27.6 Å². The molecular formula is C16H14BrN3O2S. The van der Waals surface area contributed by atoms with E-state index in [9.17, 15) is 9.59 Å². The molecule has 0 aliphatic carbocycles. The Bertz CT molecular complexity index is 751. The number of pyridine rings is 1. The minimum atomic E-state index is -0.339. The second-order valence-corrected chi connectivity index (χ2v) is 7.10. The highest BCUT2D eigenvalue weighted by Crippen LogP contribution is 2.38. The minimum Gasteiger partial charge on any atom is -0.272 e. The molecule has 5 nitrogen and oxygen atoms in total. The maximum Gasteiger partial charge on any atom is 0.271 e. The summed E-state index contributed by atoms with van der Waals surface area (Å²) in [5.41, 5.74) is 4.92. The standard InChI is InChI=1S/C16H14BrN3O2S/c1-10-5-6-12(8-18-10)15(22)19-20-14(21)9-23-16(20)11-3-2-4-13(17)7-11/h2-8,16H,9H2,1H3,(H,19,22). The van der Waals surface area contributed by atoms with Crippen LogP contribution in [0.5, 0.6) is 0 Å². The highest BCUT2D eigenvalue weighted by molar-refractivity contribution is 9.10. The molecule has 1 saturated heterocycles. The number of hydrazine groups is 1. The van der Waals surface area contributed by atoms with Crippen LogP contribution in [0.4, 0.5) is 0 Å². The largest absolute Gasteiger partial charge is 0.272 e. The molecule has 3 rings (SSSR count). The number of carbonyl (C=O) groups excluding carboxylic acids is 2. The zero-order chi connectivity index (χ0) is 16.4. The first-order chi connectivity index (χ1) is 11.0. The van der Waals surface area contributed by atoms with Crippen LogP contribution < -0.4 is 5.43 Å². The predicted molar refractivity (Wildman–Crippen MR) is 92.6 cm³/mol. The molecule has 0 radical (unpaired) electrons. The van der Waals surface area contributed by atoms with Crippen LogP contribution in [0.25, 0.3) is 0 Å². The molecule has 1 atom stereocenters. The monoisotopic (exact) mass is 391 g/mol. The van der Waals surface area contributed by atoms with Gasteiger partial charge in [0.05, 0.1) is 11.3 Å². The first-order valence-corrected chi connectivity index (χ1v) is 8.81. The predicted octanol–water partition coefficient (Wildman–Crippen LogP) is 3.07. The Hall–Kier alpha value is -1.86. The van der Waals surface area contributed by atoms with Gasteiger partial charge in [0.1, 0.15) is 5.37 Å². The molecule has 7 heteroatoms. The molecule has 0 spiro atoms. The van der Waals surface area contributed by atoms with E-state index in [1.54, 1.807) is 12.1 Å². The lowest BCUT2D eigenvalue weighted by Gasteiger charge is -2.24. The summed E-state index contributed by atoms with van der Waals surface area (Å²) in [4.78, 5) is 28.6. The second-order valence-electron chi connectivity index (χ2n) is 5.11. The molecule has 1 aromatic carbocycles. The second kappa shape index (κ2) is 6.72. The van der Waals surface area contributed by atoms with Gasteiger partial charge in [-0.25, -0.2) is 5.01 Å². The van der Waals surface area contributed by atoms with Crippen molar-refractivity contribution in [3.05, 3.63) is 63.9 Å². The van der Waals surface area contributed by atoms with E-state index in [-0.39, 0.29) is 17.2 Å². The summed E-state index contributed by atoms with van der Waals surface area (Å²) in [5, 5.41) is 1.16. The van der Waals surface area contributed by atoms with Crippen LogP contribution in [0, 0.1) is 6.92 Å². The Morgan fingerprint density at radius 1 is 1.39 bits per heavy atom. The molecule has 1 aromatic heterocycles. The SMILES string of the molecule is Cc1ccc(C(=O)NN2C(=O)CSC2c2cccc(Br)c2)cn1. The Kier molecular flexibility index (Phi) is 4.68. The molecule has 118 valence electrons. The summed E-state index contributed by atoms with van der Waals surface area (Å²) in [6.07, 6.45) is 1.51. The summed E-state index contributed by atoms with van der Waals surface area (Å²) in [6, 6.07) is 11.2. The van der Waals surface area contributed by atoms with E-state index < -0.39 is 0 Å². The summed E-state index contributed by atoms with van der Waals surface area (Å²) in [6.45, 7) is 1.85. The molecule has 0 bridgehead atoms. The van der Waals surface area contributed by atoms with Crippen molar-refractivity contribution in [2.45, 2.75) is 12.3 Å². The summed E-state index contributed by atoms with van der Waals surface area (Å²) in [7, 11) is 0. The number of rotatable bonds is 3. The Labute approximate surface area is 146 Å². The topological polar surface area (TPSA) is 62.3 Å². The van der Waals surface area contributed by atoms with Crippen LogP contribution in [-0.2, 0) is 4.79 Å². The summed E-state index contributed by atoms with van der Waals surface area (Å²) >= 11 is 4.92. The third-order valence-corrected chi connectivity index (χ3v) is 5.10. The fourth-order valence-electron chi connectivity index (χ4n) is 2.23. The number of aryl methyl sites for hydroxylation is 1. The van der Waals surface area contributed by atoms with Gasteiger partial charge in [-0.1, -0.05) is 28.1 Å². The number of benzene rings is 1. The molecule has 2 amide bonds. The molecule has 2 heterocycles. The quantitative estimate of drug-likeness (QED) is 0.872. The fourth-order valence-corrected chi connectivity index (χ4v) is 3.74. The summed E-state index contributed by atoms with van der Waals surface area (Å²) < 4.78 is 0.934. The van der Waals surface area contributed by atoms with E-state index >= 15 is 0 Å². The van der Waals surface area contributed by atoms with Gasteiger partial charge in [-0.05, 0) is 36.8 Å². The molecule has 1 fully saturated rings. The van der Waals surface area contributed by atoms with Crippen LogP contribution in [0.1, 0.15) is 27.0 Å². The van der Waals surface area contributed by atoms with Crippen molar-refractivity contribution in [1.29, 1.82) is 0 Å². The molecule has 1 N–H and O–H groups in total. The zero-order valence-electron chi connectivity index (χ0n) is 12.3. The molecule has 1 unspecified atom stereocenters. The Balaban J connectivity index is 1.80. The van der Waals surface area contributed by atoms with E-state index in [2.05, 4.69) is 26.3 Å². The van der Waals surface area contributed by atoms with Crippen molar-refractivity contribution < 1.29 is 9.59 Å². The van der Waals surface area contributed by atoms with Gasteiger partial charge in [0.25, 0.3) is 11.8 Å². The van der Waals surface area contributed by atoms with E-state index in [0.717, 1.165) is 15.7 Å². The van der Waals surface area contributed by atoms with Gasteiger partial charge in [0.15, 0.2) is 0 Å². The van der Waals surface area contributed by atoms with Crippen LogP contribution in [0.15, 0.2) is 47.1 Å². The number of carbonyl (C=O) groups is 2. The van der Waals surface area contributed by atoms with Crippen molar-refractivity contribution in [1.82, 2.24) is 15.4 Å².